The van der Waals surface area contributed by atoms with Gasteiger partial charge in [0.15, 0.2) is 0 Å². The van der Waals surface area contributed by atoms with Crippen LogP contribution in [0, 0.1) is 6.92 Å². The number of phenolic OH excluding ortho intramolecular Hbond substituents is 1. The fraction of sp³-hybridized carbons (Fsp3) is 0.0714. The lowest BCUT2D eigenvalue weighted by Gasteiger charge is -2.09. The molecule has 0 saturated carbocycles. The standard InChI is InChI=1S/C14H12N4O/c1-9-16-13-8-15-7-6-12(13)14(17-9)18-10-2-4-11(19)5-3-10/h2-8,19H,1H3,(H,16,17,18). The van der Waals surface area contributed by atoms with E-state index < -0.39 is 0 Å². The Morgan fingerprint density at radius 2 is 1.84 bits per heavy atom. The molecule has 0 unspecified atom stereocenters. The molecular formula is C14H12N4O. The quantitative estimate of drug-likeness (QED) is 0.686. The molecule has 0 atom stereocenters. The normalized spacial score (nSPS) is 10.6. The minimum absolute atomic E-state index is 0.235. The van der Waals surface area contributed by atoms with Crippen LogP contribution in [0.15, 0.2) is 42.7 Å². The second-order valence-corrected chi connectivity index (χ2v) is 4.18. The topological polar surface area (TPSA) is 70.9 Å². The Kier molecular flexibility index (Phi) is 2.72. The van der Waals surface area contributed by atoms with E-state index in [1.807, 2.05) is 13.0 Å². The van der Waals surface area contributed by atoms with Crippen molar-refractivity contribution in [3.05, 3.63) is 48.5 Å². The smallest absolute Gasteiger partial charge is 0.142 e. The number of hydrogen-bond donors (Lipinski definition) is 2. The SMILES string of the molecule is Cc1nc(Nc2ccc(O)cc2)c2ccncc2n1. The van der Waals surface area contributed by atoms with Crippen LogP contribution in [0.3, 0.4) is 0 Å². The van der Waals surface area contributed by atoms with Crippen molar-refractivity contribution in [2.24, 2.45) is 0 Å². The molecule has 0 aliphatic heterocycles. The number of anilines is 2. The van der Waals surface area contributed by atoms with Crippen molar-refractivity contribution >= 4 is 22.4 Å². The number of aromatic hydroxyl groups is 1. The van der Waals surface area contributed by atoms with Gasteiger partial charge in [0.1, 0.15) is 17.4 Å². The van der Waals surface area contributed by atoms with Gasteiger partial charge in [0, 0.05) is 17.3 Å². The van der Waals surface area contributed by atoms with E-state index in [9.17, 15) is 5.11 Å². The van der Waals surface area contributed by atoms with Crippen LogP contribution in [-0.2, 0) is 0 Å². The Labute approximate surface area is 110 Å². The lowest BCUT2D eigenvalue weighted by Crippen LogP contribution is -1.99. The molecule has 0 fully saturated rings. The molecule has 0 radical (unpaired) electrons. The number of benzene rings is 1. The van der Waals surface area contributed by atoms with Crippen LogP contribution in [0.1, 0.15) is 5.82 Å². The monoisotopic (exact) mass is 252 g/mol. The van der Waals surface area contributed by atoms with E-state index in [-0.39, 0.29) is 5.75 Å². The summed E-state index contributed by atoms with van der Waals surface area (Å²) in [6.07, 6.45) is 3.43. The molecule has 2 aromatic heterocycles. The first-order valence-corrected chi connectivity index (χ1v) is 5.87. The summed E-state index contributed by atoms with van der Waals surface area (Å²) >= 11 is 0. The van der Waals surface area contributed by atoms with Crippen molar-refractivity contribution in [3.63, 3.8) is 0 Å². The van der Waals surface area contributed by atoms with E-state index in [2.05, 4.69) is 20.3 Å². The molecule has 2 heterocycles. The number of aryl methyl sites for hydroxylation is 1. The first-order valence-electron chi connectivity index (χ1n) is 5.87. The van der Waals surface area contributed by atoms with Gasteiger partial charge in [0.05, 0.1) is 11.7 Å². The summed E-state index contributed by atoms with van der Waals surface area (Å²) in [5, 5.41) is 13.4. The summed E-state index contributed by atoms with van der Waals surface area (Å²) in [4.78, 5) is 12.8. The summed E-state index contributed by atoms with van der Waals surface area (Å²) < 4.78 is 0. The highest BCUT2D eigenvalue weighted by atomic mass is 16.3. The number of fused-ring (bicyclic) bond motifs is 1. The molecule has 0 aliphatic rings. The lowest BCUT2D eigenvalue weighted by atomic mass is 10.2. The number of pyridine rings is 1. The van der Waals surface area contributed by atoms with Crippen molar-refractivity contribution in [1.82, 2.24) is 15.0 Å². The van der Waals surface area contributed by atoms with Gasteiger partial charge in [-0.25, -0.2) is 9.97 Å². The van der Waals surface area contributed by atoms with Gasteiger partial charge in [0.2, 0.25) is 0 Å². The highest BCUT2D eigenvalue weighted by Crippen LogP contribution is 2.24. The highest BCUT2D eigenvalue weighted by molar-refractivity contribution is 5.90. The number of rotatable bonds is 2. The van der Waals surface area contributed by atoms with Crippen molar-refractivity contribution < 1.29 is 5.11 Å². The van der Waals surface area contributed by atoms with E-state index in [1.165, 1.54) is 0 Å². The van der Waals surface area contributed by atoms with E-state index >= 15 is 0 Å². The molecule has 0 bridgehead atoms. The van der Waals surface area contributed by atoms with Crippen LogP contribution < -0.4 is 5.32 Å². The molecular weight excluding hydrogens is 240 g/mol. The Hall–Kier alpha value is -2.69. The Morgan fingerprint density at radius 3 is 2.63 bits per heavy atom. The number of phenols is 1. The molecule has 0 amide bonds. The molecule has 94 valence electrons. The third kappa shape index (κ3) is 2.30. The summed E-state index contributed by atoms with van der Waals surface area (Å²) in [5.41, 5.74) is 1.66. The van der Waals surface area contributed by atoms with Crippen LogP contribution in [0.25, 0.3) is 10.9 Å². The van der Waals surface area contributed by atoms with E-state index in [0.29, 0.717) is 5.82 Å². The summed E-state index contributed by atoms with van der Waals surface area (Å²) in [7, 11) is 0. The fourth-order valence-corrected chi connectivity index (χ4v) is 1.87. The molecule has 3 rings (SSSR count). The van der Waals surface area contributed by atoms with E-state index in [0.717, 1.165) is 22.4 Å². The summed E-state index contributed by atoms with van der Waals surface area (Å²) in [6.45, 7) is 1.84. The third-order valence-electron chi connectivity index (χ3n) is 2.74. The maximum Gasteiger partial charge on any atom is 0.142 e. The van der Waals surface area contributed by atoms with E-state index in [1.54, 1.807) is 36.7 Å². The van der Waals surface area contributed by atoms with Gasteiger partial charge in [-0.15, -0.1) is 0 Å². The largest absolute Gasteiger partial charge is 0.508 e. The fourth-order valence-electron chi connectivity index (χ4n) is 1.87. The van der Waals surface area contributed by atoms with Crippen LogP contribution in [-0.4, -0.2) is 20.1 Å². The lowest BCUT2D eigenvalue weighted by molar-refractivity contribution is 0.475. The molecule has 5 nitrogen and oxygen atoms in total. The zero-order valence-electron chi connectivity index (χ0n) is 10.3. The minimum atomic E-state index is 0.235. The predicted octanol–water partition coefficient (Wildman–Crippen LogP) is 2.78. The summed E-state index contributed by atoms with van der Waals surface area (Å²) in [5.74, 6) is 1.65. The maximum atomic E-state index is 9.28. The van der Waals surface area contributed by atoms with Crippen molar-refractivity contribution in [1.29, 1.82) is 0 Å². The van der Waals surface area contributed by atoms with Crippen LogP contribution >= 0.6 is 0 Å². The zero-order chi connectivity index (χ0) is 13.2. The average Bonchev–Trinajstić information content (AvgIpc) is 2.41. The van der Waals surface area contributed by atoms with Crippen LogP contribution in [0.5, 0.6) is 5.75 Å². The van der Waals surface area contributed by atoms with Gasteiger partial charge in [-0.2, -0.15) is 0 Å². The minimum Gasteiger partial charge on any atom is -0.508 e. The highest BCUT2D eigenvalue weighted by Gasteiger charge is 2.05. The maximum absolute atomic E-state index is 9.28. The van der Waals surface area contributed by atoms with Gasteiger partial charge in [0.25, 0.3) is 0 Å². The Bertz CT molecular complexity index is 725. The Balaban J connectivity index is 2.07. The Morgan fingerprint density at radius 1 is 1.05 bits per heavy atom. The molecule has 0 spiro atoms. The molecule has 0 aliphatic carbocycles. The zero-order valence-corrected chi connectivity index (χ0v) is 10.3. The average molecular weight is 252 g/mol. The second-order valence-electron chi connectivity index (χ2n) is 4.18. The van der Waals surface area contributed by atoms with Gasteiger partial charge in [-0.1, -0.05) is 0 Å². The molecule has 19 heavy (non-hydrogen) atoms. The van der Waals surface area contributed by atoms with Crippen molar-refractivity contribution in [2.75, 3.05) is 5.32 Å². The molecule has 3 aromatic rings. The summed E-state index contributed by atoms with van der Waals surface area (Å²) in [6, 6.07) is 8.71. The van der Waals surface area contributed by atoms with Crippen molar-refractivity contribution in [2.45, 2.75) is 6.92 Å². The van der Waals surface area contributed by atoms with Gasteiger partial charge >= 0.3 is 0 Å². The number of nitrogens with one attached hydrogen (secondary N) is 1. The van der Waals surface area contributed by atoms with Crippen LogP contribution in [0.4, 0.5) is 11.5 Å². The third-order valence-corrected chi connectivity index (χ3v) is 2.74. The molecule has 0 saturated heterocycles. The number of nitrogens with zero attached hydrogens (tertiary/aromatic N) is 3. The second kappa shape index (κ2) is 4.53. The van der Waals surface area contributed by atoms with Crippen molar-refractivity contribution in [3.8, 4) is 5.75 Å². The first-order chi connectivity index (χ1) is 9.22. The number of aromatic nitrogens is 3. The van der Waals surface area contributed by atoms with Gasteiger partial charge < -0.3 is 10.4 Å². The molecule has 2 N–H and O–H groups in total. The van der Waals surface area contributed by atoms with Crippen LogP contribution in [0.2, 0.25) is 0 Å². The van der Waals surface area contributed by atoms with Gasteiger partial charge in [-0.05, 0) is 37.3 Å². The van der Waals surface area contributed by atoms with Gasteiger partial charge in [-0.3, -0.25) is 4.98 Å². The number of hydrogen-bond acceptors (Lipinski definition) is 5. The molecule has 5 heteroatoms. The van der Waals surface area contributed by atoms with E-state index in [4.69, 9.17) is 0 Å². The molecule has 1 aromatic carbocycles. The predicted molar refractivity (Wildman–Crippen MR) is 73.5 cm³/mol. The first kappa shape index (κ1) is 11.4.